The molecular formula is C21H30O6. The van der Waals surface area contributed by atoms with Crippen LogP contribution >= 0.6 is 0 Å². The van der Waals surface area contributed by atoms with E-state index in [9.17, 15) is 19.5 Å². The van der Waals surface area contributed by atoms with E-state index in [1.807, 2.05) is 0 Å². The smallest absolute Gasteiger partial charge is 0.328 e. The van der Waals surface area contributed by atoms with E-state index in [0.717, 1.165) is 6.08 Å². The monoisotopic (exact) mass is 378 g/mol. The number of hydrogen-bond donors (Lipinski definition) is 2. The van der Waals surface area contributed by atoms with Crippen LogP contribution in [0.5, 0.6) is 0 Å². The van der Waals surface area contributed by atoms with Crippen LogP contribution in [0.15, 0.2) is 34.9 Å². The van der Waals surface area contributed by atoms with Crippen LogP contribution in [-0.4, -0.2) is 39.1 Å². The van der Waals surface area contributed by atoms with Gasteiger partial charge < -0.3 is 14.9 Å². The lowest BCUT2D eigenvalue weighted by molar-refractivity contribution is -0.154. The molecule has 0 radical (unpaired) electrons. The fourth-order valence-corrected chi connectivity index (χ4v) is 3.19. The first kappa shape index (κ1) is 22.8. The largest absolute Gasteiger partial charge is 0.478 e. The molecule has 150 valence electrons. The number of aliphatic carboxylic acids is 1. The fourth-order valence-electron chi connectivity index (χ4n) is 3.19. The second-order valence-corrected chi connectivity index (χ2v) is 8.68. The number of hydrogen-bond acceptors (Lipinski definition) is 5. The van der Waals surface area contributed by atoms with E-state index in [-0.39, 0.29) is 24.2 Å². The summed E-state index contributed by atoms with van der Waals surface area (Å²) in [5.74, 6) is -1.81. The average molecular weight is 378 g/mol. The molecule has 1 aliphatic rings. The topological polar surface area (TPSA) is 101 Å². The van der Waals surface area contributed by atoms with Gasteiger partial charge in [0.15, 0.2) is 5.78 Å². The Bertz CT molecular complexity index is 730. The van der Waals surface area contributed by atoms with Gasteiger partial charge in [0.25, 0.3) is 0 Å². The maximum atomic E-state index is 12.6. The van der Waals surface area contributed by atoms with Crippen LogP contribution in [0, 0.1) is 5.41 Å². The lowest BCUT2D eigenvalue weighted by atomic mass is 9.62. The number of allylic oxidation sites excluding steroid dienone is 2. The predicted octanol–water partition coefficient (Wildman–Crippen LogP) is 3.35. The van der Waals surface area contributed by atoms with Gasteiger partial charge in [-0.15, -0.1) is 0 Å². The van der Waals surface area contributed by atoms with E-state index in [2.05, 4.69) is 0 Å². The van der Waals surface area contributed by atoms with Gasteiger partial charge in [0, 0.05) is 23.5 Å². The minimum Gasteiger partial charge on any atom is -0.478 e. The van der Waals surface area contributed by atoms with Crippen molar-refractivity contribution < 1.29 is 29.3 Å². The van der Waals surface area contributed by atoms with Crippen LogP contribution in [0.25, 0.3) is 0 Å². The SMILES string of the molecule is CC1=C(CC(=O)OC(C)(C)C)C(=O)CC(C)(C)[C@@]1(O)/C=C/C(C)=C\C(=O)O. The van der Waals surface area contributed by atoms with Gasteiger partial charge in [0.1, 0.15) is 11.2 Å². The Hall–Kier alpha value is -2.21. The molecule has 27 heavy (non-hydrogen) atoms. The summed E-state index contributed by atoms with van der Waals surface area (Å²) in [6, 6.07) is 0. The third-order valence-corrected chi connectivity index (χ3v) is 4.67. The maximum Gasteiger partial charge on any atom is 0.328 e. The van der Waals surface area contributed by atoms with Gasteiger partial charge in [-0.1, -0.05) is 19.9 Å². The summed E-state index contributed by atoms with van der Waals surface area (Å²) >= 11 is 0. The zero-order valence-electron chi connectivity index (χ0n) is 17.2. The zero-order valence-corrected chi connectivity index (χ0v) is 17.2. The maximum absolute atomic E-state index is 12.6. The highest BCUT2D eigenvalue weighted by Gasteiger charge is 2.49. The van der Waals surface area contributed by atoms with E-state index in [0.29, 0.717) is 11.1 Å². The van der Waals surface area contributed by atoms with E-state index >= 15 is 0 Å². The van der Waals surface area contributed by atoms with Gasteiger partial charge in [-0.25, -0.2) is 4.79 Å². The molecule has 0 aliphatic heterocycles. The number of carbonyl (C=O) groups is 3. The lowest BCUT2D eigenvalue weighted by Crippen LogP contribution is -2.49. The summed E-state index contributed by atoms with van der Waals surface area (Å²) in [7, 11) is 0. The summed E-state index contributed by atoms with van der Waals surface area (Å²) in [5.41, 5.74) is -1.90. The highest BCUT2D eigenvalue weighted by Crippen LogP contribution is 2.47. The van der Waals surface area contributed by atoms with E-state index in [4.69, 9.17) is 9.84 Å². The summed E-state index contributed by atoms with van der Waals surface area (Å²) in [4.78, 5) is 35.6. The number of Topliss-reactive ketones (excluding diaryl/α,β-unsaturated/α-hetero) is 1. The van der Waals surface area contributed by atoms with Crippen molar-refractivity contribution in [1.29, 1.82) is 0 Å². The van der Waals surface area contributed by atoms with E-state index < -0.39 is 28.6 Å². The number of carbonyl (C=O) groups excluding carboxylic acids is 2. The third kappa shape index (κ3) is 5.63. The molecule has 1 aliphatic carbocycles. The summed E-state index contributed by atoms with van der Waals surface area (Å²) in [5, 5.41) is 20.2. The molecule has 0 amide bonds. The molecule has 0 bridgehead atoms. The van der Waals surface area contributed by atoms with Crippen molar-refractivity contribution in [2.45, 2.75) is 72.5 Å². The Balaban J connectivity index is 3.33. The van der Waals surface area contributed by atoms with Gasteiger partial charge in [-0.05, 0) is 51.8 Å². The third-order valence-electron chi connectivity index (χ3n) is 4.67. The molecule has 0 aromatic rings. The number of carboxylic acids is 1. The van der Waals surface area contributed by atoms with Gasteiger partial charge in [0.2, 0.25) is 0 Å². The molecule has 6 heteroatoms. The second kappa shape index (κ2) is 7.80. The molecule has 6 nitrogen and oxygen atoms in total. The van der Waals surface area contributed by atoms with Crippen LogP contribution in [0.2, 0.25) is 0 Å². The molecule has 0 spiro atoms. The van der Waals surface area contributed by atoms with Crippen molar-refractivity contribution in [3.05, 3.63) is 34.9 Å². The Morgan fingerprint density at radius 3 is 2.30 bits per heavy atom. The summed E-state index contributed by atoms with van der Waals surface area (Å²) in [6.45, 7) is 12.0. The second-order valence-electron chi connectivity index (χ2n) is 8.68. The molecule has 0 saturated heterocycles. The van der Waals surface area contributed by atoms with Crippen molar-refractivity contribution >= 4 is 17.7 Å². The number of ketones is 1. The zero-order chi connectivity index (χ0) is 21.2. The number of ether oxygens (including phenoxy) is 1. The van der Waals surface area contributed by atoms with Crippen molar-refractivity contribution in [1.82, 2.24) is 0 Å². The van der Waals surface area contributed by atoms with Crippen molar-refractivity contribution in [3.8, 4) is 0 Å². The quantitative estimate of drug-likeness (QED) is 0.432. The highest BCUT2D eigenvalue weighted by atomic mass is 16.6. The first-order valence-corrected chi connectivity index (χ1v) is 8.87. The molecule has 0 unspecified atom stereocenters. The number of aliphatic hydroxyl groups is 1. The predicted molar refractivity (Wildman–Crippen MR) is 102 cm³/mol. The molecule has 2 N–H and O–H groups in total. The van der Waals surface area contributed by atoms with Crippen LogP contribution in [-0.2, 0) is 19.1 Å². The Morgan fingerprint density at radius 1 is 1.26 bits per heavy atom. The molecule has 0 heterocycles. The van der Waals surface area contributed by atoms with Crippen LogP contribution in [0.1, 0.15) is 61.3 Å². The summed E-state index contributed by atoms with van der Waals surface area (Å²) < 4.78 is 5.30. The number of esters is 1. The minimum absolute atomic E-state index is 0.0605. The van der Waals surface area contributed by atoms with Gasteiger partial charge in [-0.2, -0.15) is 0 Å². The first-order valence-electron chi connectivity index (χ1n) is 8.87. The standard InChI is InChI=1S/C21H30O6/c1-13(10-17(23)24)8-9-21(26)14(2)15(16(22)12-20(21,6)7)11-18(25)27-19(3,4)5/h8-10,26H,11-12H2,1-7H3,(H,23,24)/b9-8+,13-10-/t21-/m1/s1. The molecule has 0 fully saturated rings. The summed E-state index contributed by atoms with van der Waals surface area (Å²) in [6.07, 6.45) is 3.89. The number of rotatable bonds is 5. The van der Waals surface area contributed by atoms with Crippen LogP contribution < -0.4 is 0 Å². The van der Waals surface area contributed by atoms with E-state index in [1.54, 1.807) is 48.5 Å². The molecule has 0 aromatic carbocycles. The Labute approximate surface area is 160 Å². The molecule has 0 aromatic heterocycles. The molecule has 1 rings (SSSR count). The first-order chi connectivity index (χ1) is 12.1. The molecular weight excluding hydrogens is 348 g/mol. The average Bonchev–Trinajstić information content (AvgIpc) is 2.45. The fraction of sp³-hybridized carbons (Fsp3) is 0.571. The lowest BCUT2D eigenvalue weighted by Gasteiger charge is -2.45. The molecule has 1 atom stereocenters. The molecule has 0 saturated carbocycles. The minimum atomic E-state index is -1.49. The van der Waals surface area contributed by atoms with Gasteiger partial charge >= 0.3 is 11.9 Å². The Morgan fingerprint density at radius 2 is 1.81 bits per heavy atom. The number of carboxylic acid groups (broad SMARTS) is 1. The van der Waals surface area contributed by atoms with Crippen molar-refractivity contribution in [2.75, 3.05) is 0 Å². The van der Waals surface area contributed by atoms with Crippen molar-refractivity contribution in [2.24, 2.45) is 5.41 Å². The Kier molecular flexibility index (Phi) is 6.60. The van der Waals surface area contributed by atoms with Gasteiger partial charge in [0.05, 0.1) is 6.42 Å². The van der Waals surface area contributed by atoms with Crippen molar-refractivity contribution in [3.63, 3.8) is 0 Å². The van der Waals surface area contributed by atoms with Crippen LogP contribution in [0.3, 0.4) is 0 Å². The normalized spacial score (nSPS) is 23.7. The van der Waals surface area contributed by atoms with Gasteiger partial charge in [-0.3, -0.25) is 9.59 Å². The van der Waals surface area contributed by atoms with Crippen LogP contribution in [0.4, 0.5) is 0 Å². The van der Waals surface area contributed by atoms with E-state index in [1.165, 1.54) is 12.2 Å². The highest BCUT2D eigenvalue weighted by molar-refractivity contribution is 6.02.